The standard InChI is InChI=1S/C15H15N3O3/c1-8-5-4-6-11(15(20)21)13(8)16-14(19)12-7-9(2)17-18-10(12)3/h4-7H,1-3H3,(H,16,19)(H,20,21). The van der Waals surface area contributed by atoms with Crippen LogP contribution in [0.25, 0.3) is 0 Å². The first-order valence-corrected chi connectivity index (χ1v) is 6.35. The highest BCUT2D eigenvalue weighted by atomic mass is 16.4. The highest BCUT2D eigenvalue weighted by Crippen LogP contribution is 2.21. The van der Waals surface area contributed by atoms with E-state index in [0.717, 1.165) is 0 Å². The molecule has 0 aliphatic carbocycles. The quantitative estimate of drug-likeness (QED) is 0.903. The maximum Gasteiger partial charge on any atom is 0.337 e. The van der Waals surface area contributed by atoms with Gasteiger partial charge in [-0.2, -0.15) is 10.2 Å². The molecular weight excluding hydrogens is 270 g/mol. The third-order valence-corrected chi connectivity index (χ3v) is 3.09. The van der Waals surface area contributed by atoms with Gasteiger partial charge < -0.3 is 10.4 Å². The molecule has 1 amide bonds. The van der Waals surface area contributed by atoms with Crippen molar-refractivity contribution in [1.29, 1.82) is 0 Å². The molecule has 1 aromatic carbocycles. The molecule has 21 heavy (non-hydrogen) atoms. The highest BCUT2D eigenvalue weighted by Gasteiger charge is 2.17. The molecule has 0 saturated heterocycles. The first-order valence-electron chi connectivity index (χ1n) is 6.35. The summed E-state index contributed by atoms with van der Waals surface area (Å²) in [6, 6.07) is 6.45. The third kappa shape index (κ3) is 3.05. The molecule has 6 nitrogen and oxygen atoms in total. The Hall–Kier alpha value is -2.76. The van der Waals surface area contributed by atoms with Crippen molar-refractivity contribution >= 4 is 17.6 Å². The molecule has 2 aromatic rings. The molecule has 0 radical (unpaired) electrons. The number of anilines is 1. The van der Waals surface area contributed by atoms with Crippen LogP contribution in [0.5, 0.6) is 0 Å². The van der Waals surface area contributed by atoms with Gasteiger partial charge in [0.05, 0.1) is 28.2 Å². The topological polar surface area (TPSA) is 92.2 Å². The second-order valence-corrected chi connectivity index (χ2v) is 4.74. The van der Waals surface area contributed by atoms with Gasteiger partial charge in [0.2, 0.25) is 0 Å². The van der Waals surface area contributed by atoms with Crippen molar-refractivity contribution in [3.63, 3.8) is 0 Å². The Morgan fingerprint density at radius 2 is 1.81 bits per heavy atom. The van der Waals surface area contributed by atoms with Crippen molar-refractivity contribution < 1.29 is 14.7 Å². The summed E-state index contributed by atoms with van der Waals surface area (Å²) in [5, 5.41) is 19.6. The monoisotopic (exact) mass is 285 g/mol. The van der Waals surface area contributed by atoms with E-state index in [-0.39, 0.29) is 5.56 Å². The zero-order chi connectivity index (χ0) is 15.6. The van der Waals surface area contributed by atoms with E-state index in [0.29, 0.717) is 28.2 Å². The normalized spacial score (nSPS) is 10.2. The molecule has 1 heterocycles. The van der Waals surface area contributed by atoms with E-state index in [2.05, 4.69) is 15.5 Å². The summed E-state index contributed by atoms with van der Waals surface area (Å²) in [6.45, 7) is 5.15. The molecule has 2 N–H and O–H groups in total. The van der Waals surface area contributed by atoms with E-state index in [1.807, 2.05) is 0 Å². The molecule has 0 aliphatic heterocycles. The van der Waals surface area contributed by atoms with Crippen LogP contribution in [0.3, 0.4) is 0 Å². The number of hydrogen-bond acceptors (Lipinski definition) is 4. The van der Waals surface area contributed by atoms with Gasteiger partial charge in [0.15, 0.2) is 0 Å². The number of aromatic nitrogens is 2. The van der Waals surface area contributed by atoms with E-state index < -0.39 is 11.9 Å². The number of hydrogen-bond donors (Lipinski definition) is 2. The highest BCUT2D eigenvalue weighted by molar-refractivity contribution is 6.08. The van der Waals surface area contributed by atoms with Gasteiger partial charge in [0.25, 0.3) is 5.91 Å². The molecule has 108 valence electrons. The Labute approximate surface area is 121 Å². The Balaban J connectivity index is 2.41. The Kier molecular flexibility index (Phi) is 3.98. The molecule has 0 atom stereocenters. The summed E-state index contributed by atoms with van der Waals surface area (Å²) in [5.74, 6) is -1.49. The van der Waals surface area contributed by atoms with Gasteiger partial charge in [-0.15, -0.1) is 0 Å². The van der Waals surface area contributed by atoms with Gasteiger partial charge in [0, 0.05) is 0 Å². The number of nitrogens with zero attached hydrogens (tertiary/aromatic N) is 2. The van der Waals surface area contributed by atoms with Gasteiger partial charge in [-0.05, 0) is 38.5 Å². The molecule has 0 bridgehead atoms. The van der Waals surface area contributed by atoms with Gasteiger partial charge in [-0.25, -0.2) is 4.79 Å². The zero-order valence-electron chi connectivity index (χ0n) is 12.0. The van der Waals surface area contributed by atoms with Crippen LogP contribution < -0.4 is 5.32 Å². The molecule has 0 unspecified atom stereocenters. The smallest absolute Gasteiger partial charge is 0.337 e. The minimum atomic E-state index is -1.09. The van der Waals surface area contributed by atoms with Crippen LogP contribution in [-0.4, -0.2) is 27.2 Å². The van der Waals surface area contributed by atoms with E-state index in [1.54, 1.807) is 39.0 Å². The number of aromatic carboxylic acids is 1. The number of aryl methyl sites for hydroxylation is 3. The van der Waals surface area contributed by atoms with Crippen LogP contribution in [0.1, 0.15) is 37.7 Å². The second-order valence-electron chi connectivity index (χ2n) is 4.74. The molecule has 0 fully saturated rings. The number of carbonyl (C=O) groups is 2. The predicted molar refractivity (Wildman–Crippen MR) is 77.6 cm³/mol. The number of carbonyl (C=O) groups excluding carboxylic acids is 1. The number of amides is 1. The number of carboxylic acid groups (broad SMARTS) is 1. The van der Waals surface area contributed by atoms with Crippen LogP contribution >= 0.6 is 0 Å². The van der Waals surface area contributed by atoms with Gasteiger partial charge in [-0.1, -0.05) is 12.1 Å². The Bertz CT molecular complexity index is 726. The summed E-state index contributed by atoms with van der Waals surface area (Å²) in [5.41, 5.74) is 2.52. The summed E-state index contributed by atoms with van der Waals surface area (Å²) in [6.07, 6.45) is 0. The zero-order valence-corrected chi connectivity index (χ0v) is 12.0. The SMILES string of the molecule is Cc1cc(C(=O)Nc2c(C)cccc2C(=O)O)c(C)nn1. The molecular formula is C15H15N3O3. The number of nitrogens with one attached hydrogen (secondary N) is 1. The number of para-hydroxylation sites is 1. The lowest BCUT2D eigenvalue weighted by Crippen LogP contribution is -2.18. The molecule has 2 rings (SSSR count). The first kappa shape index (κ1) is 14.6. The fourth-order valence-corrected chi connectivity index (χ4v) is 1.97. The molecule has 1 aromatic heterocycles. The molecule has 0 aliphatic rings. The number of rotatable bonds is 3. The van der Waals surface area contributed by atoms with Gasteiger partial charge in [0.1, 0.15) is 0 Å². The Morgan fingerprint density at radius 3 is 2.48 bits per heavy atom. The van der Waals surface area contributed by atoms with Crippen LogP contribution in [0, 0.1) is 20.8 Å². The fourth-order valence-electron chi connectivity index (χ4n) is 1.97. The minimum Gasteiger partial charge on any atom is -0.478 e. The summed E-state index contributed by atoms with van der Waals surface area (Å²) < 4.78 is 0. The molecule has 0 spiro atoms. The minimum absolute atomic E-state index is 0.0553. The van der Waals surface area contributed by atoms with Crippen molar-refractivity contribution in [2.45, 2.75) is 20.8 Å². The largest absolute Gasteiger partial charge is 0.478 e. The fraction of sp³-hybridized carbons (Fsp3) is 0.200. The van der Waals surface area contributed by atoms with Crippen molar-refractivity contribution in [2.75, 3.05) is 5.32 Å². The average Bonchev–Trinajstić information content (AvgIpc) is 2.43. The lowest BCUT2D eigenvalue weighted by Gasteiger charge is -2.12. The van der Waals surface area contributed by atoms with Crippen molar-refractivity contribution in [3.05, 3.63) is 52.3 Å². The second kappa shape index (κ2) is 5.70. The first-order chi connectivity index (χ1) is 9.90. The third-order valence-electron chi connectivity index (χ3n) is 3.09. The Morgan fingerprint density at radius 1 is 1.10 bits per heavy atom. The molecule has 6 heteroatoms. The van der Waals surface area contributed by atoms with Crippen LogP contribution in [0.2, 0.25) is 0 Å². The summed E-state index contributed by atoms with van der Waals surface area (Å²) in [4.78, 5) is 23.6. The van der Waals surface area contributed by atoms with Gasteiger partial charge in [-0.3, -0.25) is 4.79 Å². The molecule has 0 saturated carbocycles. The summed E-state index contributed by atoms with van der Waals surface area (Å²) >= 11 is 0. The lowest BCUT2D eigenvalue weighted by atomic mass is 10.1. The maximum atomic E-state index is 12.3. The van der Waals surface area contributed by atoms with Gasteiger partial charge >= 0.3 is 5.97 Å². The van der Waals surface area contributed by atoms with Crippen LogP contribution in [0.15, 0.2) is 24.3 Å². The van der Waals surface area contributed by atoms with E-state index in [1.165, 1.54) is 6.07 Å². The van der Waals surface area contributed by atoms with E-state index >= 15 is 0 Å². The van der Waals surface area contributed by atoms with E-state index in [4.69, 9.17) is 0 Å². The lowest BCUT2D eigenvalue weighted by molar-refractivity contribution is 0.0698. The average molecular weight is 285 g/mol. The van der Waals surface area contributed by atoms with E-state index in [9.17, 15) is 14.7 Å². The number of benzene rings is 1. The summed E-state index contributed by atoms with van der Waals surface area (Å²) in [7, 11) is 0. The predicted octanol–water partition coefficient (Wildman–Crippen LogP) is 2.35. The van der Waals surface area contributed by atoms with Crippen LogP contribution in [0.4, 0.5) is 5.69 Å². The number of carboxylic acids is 1. The van der Waals surface area contributed by atoms with Crippen molar-refractivity contribution in [3.8, 4) is 0 Å². The maximum absolute atomic E-state index is 12.3. The van der Waals surface area contributed by atoms with Crippen LogP contribution in [-0.2, 0) is 0 Å². The van der Waals surface area contributed by atoms with Crippen molar-refractivity contribution in [2.24, 2.45) is 0 Å². The van der Waals surface area contributed by atoms with Crippen molar-refractivity contribution in [1.82, 2.24) is 10.2 Å².